The van der Waals surface area contributed by atoms with Gasteiger partial charge in [-0.05, 0) is 0 Å². The van der Waals surface area contributed by atoms with E-state index in [1.807, 2.05) is 0 Å². The monoisotopic (exact) mass is 349 g/mol. The van der Waals surface area contributed by atoms with Gasteiger partial charge in [-0.1, -0.05) is 0 Å². The molecule has 0 aliphatic heterocycles. The summed E-state index contributed by atoms with van der Waals surface area (Å²) in [6.45, 7) is 0. The van der Waals surface area contributed by atoms with Crippen LogP contribution in [0.4, 0.5) is 21.5 Å². The Bertz CT molecular complexity index is 961. The molecule has 1 aromatic carbocycles. The molecule has 1 aromatic heterocycles. The van der Waals surface area contributed by atoms with Crippen molar-refractivity contribution in [2.45, 2.75) is 0 Å². The molecule has 128 valence electrons. The van der Waals surface area contributed by atoms with Gasteiger partial charge in [0.15, 0.2) is 5.69 Å². The molecule has 0 bridgehead atoms. The topological polar surface area (TPSA) is 167 Å². The number of nitrogen functional groups attached to an aromatic ring is 1. The first-order chi connectivity index (χ1) is 11.7. The van der Waals surface area contributed by atoms with Gasteiger partial charge in [-0.2, -0.15) is 9.65 Å². The number of nitrogens with two attached hydrogens (primary N) is 1. The van der Waals surface area contributed by atoms with Crippen LogP contribution >= 0.6 is 0 Å². The minimum Gasteiger partial charge on any atom is -0.464 e. The number of anilines is 1. The summed E-state index contributed by atoms with van der Waals surface area (Å²) in [5.41, 5.74) is 2.16. The number of hydrogen-bond acceptors (Lipinski definition) is 8. The zero-order chi connectivity index (χ0) is 18.9. The van der Waals surface area contributed by atoms with Gasteiger partial charge in [0.2, 0.25) is 5.82 Å². The van der Waals surface area contributed by atoms with Gasteiger partial charge >= 0.3 is 11.7 Å². The molecule has 1 heterocycles. The van der Waals surface area contributed by atoms with Crippen molar-refractivity contribution >= 4 is 23.0 Å². The second-order valence-corrected chi connectivity index (χ2v) is 4.58. The summed E-state index contributed by atoms with van der Waals surface area (Å²) in [6.07, 6.45) is 0.967. The molecule has 25 heavy (non-hydrogen) atoms. The van der Waals surface area contributed by atoms with E-state index >= 15 is 0 Å². The molecule has 0 aliphatic carbocycles. The number of halogens is 1. The maximum Gasteiger partial charge on any atom is 0.357 e. The predicted octanol–water partition coefficient (Wildman–Crippen LogP) is 1.67. The van der Waals surface area contributed by atoms with E-state index in [1.165, 1.54) is 0 Å². The van der Waals surface area contributed by atoms with Crippen LogP contribution in [0.25, 0.3) is 5.69 Å². The van der Waals surface area contributed by atoms with Gasteiger partial charge in [0.05, 0.1) is 34.3 Å². The van der Waals surface area contributed by atoms with Crippen LogP contribution in [0.1, 0.15) is 16.1 Å². The fraction of sp³-hybridized carbons (Fsp3) is 0.0769. The Morgan fingerprint density at radius 1 is 1.32 bits per heavy atom. The molecule has 2 N–H and O–H groups in total. The zero-order valence-corrected chi connectivity index (χ0v) is 12.4. The predicted molar refractivity (Wildman–Crippen MR) is 79.5 cm³/mol. The Morgan fingerprint density at radius 3 is 2.40 bits per heavy atom. The van der Waals surface area contributed by atoms with Crippen LogP contribution in [0.5, 0.6) is 0 Å². The minimum atomic E-state index is -1.37. The van der Waals surface area contributed by atoms with E-state index in [0.29, 0.717) is 12.1 Å². The third-order valence-corrected chi connectivity index (χ3v) is 3.24. The van der Waals surface area contributed by atoms with Crippen LogP contribution in [0, 0.1) is 37.4 Å². The molecule has 0 saturated carbocycles. The second kappa shape index (κ2) is 6.24. The molecule has 0 spiro atoms. The summed E-state index contributed by atoms with van der Waals surface area (Å²) in [7, 11) is 1.01. The number of nitriles is 1. The number of nitro benzene ring substituents is 2. The highest BCUT2D eigenvalue weighted by atomic mass is 19.1. The fourth-order valence-electron chi connectivity index (χ4n) is 2.12. The Morgan fingerprint density at radius 2 is 1.92 bits per heavy atom. The van der Waals surface area contributed by atoms with E-state index in [2.05, 4.69) is 4.74 Å². The molecule has 11 nitrogen and oxygen atoms in total. The van der Waals surface area contributed by atoms with Crippen molar-refractivity contribution in [2.75, 3.05) is 12.8 Å². The standard InChI is InChI=1S/C13H8FN5O6/c1-25-13(20)12-11(16)6(4-15)5-17(12)9-2-7(14)8(18(21)22)3-10(9)19(23)24/h2-3,5H,16H2,1H3. The Balaban J connectivity index is 2.89. The molecule has 0 fully saturated rings. The molecule has 0 atom stereocenters. The van der Waals surface area contributed by atoms with Crippen molar-refractivity contribution in [3.05, 3.63) is 55.6 Å². The summed E-state index contributed by atoms with van der Waals surface area (Å²) in [4.78, 5) is 31.8. The number of hydrogen-bond donors (Lipinski definition) is 1. The normalized spacial score (nSPS) is 10.1. The highest BCUT2D eigenvalue weighted by Gasteiger charge is 2.30. The number of carbonyl (C=O) groups is 1. The Labute approximate surface area is 137 Å². The first-order valence-electron chi connectivity index (χ1n) is 6.34. The van der Waals surface area contributed by atoms with E-state index in [4.69, 9.17) is 11.0 Å². The van der Waals surface area contributed by atoms with Gasteiger partial charge in [0, 0.05) is 12.3 Å². The summed E-state index contributed by atoms with van der Waals surface area (Å²) in [5.74, 6) is -2.40. The van der Waals surface area contributed by atoms with Crippen LogP contribution in [0.2, 0.25) is 0 Å². The van der Waals surface area contributed by atoms with Gasteiger partial charge in [0.25, 0.3) is 5.69 Å². The summed E-state index contributed by atoms with van der Waals surface area (Å²) < 4.78 is 19.2. The molecule has 12 heteroatoms. The number of carbonyl (C=O) groups excluding carboxylic acids is 1. The van der Waals surface area contributed by atoms with Crippen molar-refractivity contribution in [1.82, 2.24) is 4.57 Å². The van der Waals surface area contributed by atoms with Gasteiger partial charge < -0.3 is 15.0 Å². The lowest BCUT2D eigenvalue weighted by Crippen LogP contribution is -2.12. The number of methoxy groups -OCH3 is 1. The highest BCUT2D eigenvalue weighted by molar-refractivity contribution is 5.96. The summed E-state index contributed by atoms with van der Waals surface area (Å²) in [6, 6.07) is 2.59. The first kappa shape index (κ1) is 17.3. The van der Waals surface area contributed by atoms with Crippen molar-refractivity contribution in [3.8, 4) is 11.8 Å². The maximum absolute atomic E-state index is 13.9. The van der Waals surface area contributed by atoms with E-state index in [-0.39, 0.29) is 11.3 Å². The first-order valence-corrected chi connectivity index (χ1v) is 6.34. The number of rotatable bonds is 4. The number of nitrogens with zero attached hydrogens (tertiary/aromatic N) is 4. The average molecular weight is 349 g/mol. The largest absolute Gasteiger partial charge is 0.464 e. The molecular formula is C13H8FN5O6. The fourth-order valence-corrected chi connectivity index (χ4v) is 2.12. The Hall–Kier alpha value is -4.01. The van der Waals surface area contributed by atoms with E-state index in [9.17, 15) is 29.4 Å². The van der Waals surface area contributed by atoms with Crippen molar-refractivity contribution in [3.63, 3.8) is 0 Å². The SMILES string of the molecule is COC(=O)c1c(N)c(C#N)cn1-c1cc(F)c([N+](=O)[O-])cc1[N+](=O)[O-]. The van der Waals surface area contributed by atoms with E-state index in [0.717, 1.165) is 17.9 Å². The number of ether oxygens (including phenoxy) is 1. The Kier molecular flexibility index (Phi) is 4.33. The molecule has 0 unspecified atom stereocenters. The molecule has 0 radical (unpaired) electrons. The molecule has 0 saturated heterocycles. The summed E-state index contributed by atoms with van der Waals surface area (Å²) >= 11 is 0. The zero-order valence-electron chi connectivity index (χ0n) is 12.4. The second-order valence-electron chi connectivity index (χ2n) is 4.58. The highest BCUT2D eigenvalue weighted by Crippen LogP contribution is 2.34. The van der Waals surface area contributed by atoms with Crippen LogP contribution in [-0.2, 0) is 4.74 Å². The lowest BCUT2D eigenvalue weighted by atomic mass is 10.2. The van der Waals surface area contributed by atoms with Crippen molar-refractivity contribution < 1.29 is 23.8 Å². The van der Waals surface area contributed by atoms with Gasteiger partial charge in [-0.25, -0.2) is 4.79 Å². The third kappa shape index (κ3) is 2.81. The number of esters is 1. The molecule has 2 rings (SSSR count). The van der Waals surface area contributed by atoms with Crippen LogP contribution in [0.15, 0.2) is 18.3 Å². The van der Waals surface area contributed by atoms with E-state index in [1.54, 1.807) is 6.07 Å². The molecule has 0 amide bonds. The van der Waals surface area contributed by atoms with Crippen molar-refractivity contribution in [2.24, 2.45) is 0 Å². The van der Waals surface area contributed by atoms with Gasteiger partial charge in [-0.15, -0.1) is 0 Å². The molecular weight excluding hydrogens is 341 g/mol. The number of nitro groups is 2. The number of benzene rings is 1. The van der Waals surface area contributed by atoms with Crippen LogP contribution in [0.3, 0.4) is 0 Å². The lowest BCUT2D eigenvalue weighted by molar-refractivity contribution is -0.395. The average Bonchev–Trinajstić information content (AvgIpc) is 2.89. The number of aromatic nitrogens is 1. The van der Waals surface area contributed by atoms with Crippen LogP contribution < -0.4 is 5.73 Å². The smallest absolute Gasteiger partial charge is 0.357 e. The minimum absolute atomic E-state index is 0.214. The maximum atomic E-state index is 13.9. The third-order valence-electron chi connectivity index (χ3n) is 3.24. The summed E-state index contributed by atoms with van der Waals surface area (Å²) in [5, 5.41) is 31.0. The van der Waals surface area contributed by atoms with Gasteiger partial charge in [-0.3, -0.25) is 20.2 Å². The van der Waals surface area contributed by atoms with Crippen molar-refractivity contribution in [1.29, 1.82) is 5.26 Å². The van der Waals surface area contributed by atoms with Gasteiger partial charge in [0.1, 0.15) is 11.8 Å². The molecule has 2 aromatic rings. The lowest BCUT2D eigenvalue weighted by Gasteiger charge is -2.09. The molecule has 0 aliphatic rings. The van der Waals surface area contributed by atoms with Crippen LogP contribution in [-0.4, -0.2) is 27.5 Å². The van der Waals surface area contributed by atoms with E-state index < -0.39 is 44.4 Å². The quantitative estimate of drug-likeness (QED) is 0.494.